The number of alkyl halides is 3. The van der Waals surface area contributed by atoms with Gasteiger partial charge in [0.1, 0.15) is 0 Å². The molecule has 2 aromatic heterocycles. The molecule has 0 fully saturated rings. The third kappa shape index (κ3) is 2.29. The molecular weight excluding hydrogens is 321 g/mol. The molecule has 3 aromatic rings. The fourth-order valence-electron chi connectivity index (χ4n) is 3.30. The summed E-state index contributed by atoms with van der Waals surface area (Å²) in [5.41, 5.74) is 0.473. The van der Waals surface area contributed by atoms with Crippen LogP contribution in [0, 0.1) is 0 Å². The van der Waals surface area contributed by atoms with Gasteiger partial charge in [0.25, 0.3) is 5.56 Å². The molecule has 0 spiro atoms. The van der Waals surface area contributed by atoms with Crippen molar-refractivity contribution >= 4 is 10.9 Å². The van der Waals surface area contributed by atoms with Crippen LogP contribution in [-0.4, -0.2) is 19.7 Å². The maximum atomic E-state index is 13.2. The van der Waals surface area contributed by atoms with E-state index < -0.39 is 17.3 Å². The van der Waals surface area contributed by atoms with Crippen LogP contribution in [0.3, 0.4) is 0 Å². The minimum Gasteiger partial charge on any atom is -0.295 e. The molecule has 1 aliphatic carbocycles. The van der Waals surface area contributed by atoms with Crippen molar-refractivity contribution in [2.24, 2.45) is 0 Å². The fourth-order valence-corrected chi connectivity index (χ4v) is 3.30. The average molecular weight is 334 g/mol. The van der Waals surface area contributed by atoms with Crippen molar-refractivity contribution in [1.82, 2.24) is 19.7 Å². The van der Waals surface area contributed by atoms with E-state index in [9.17, 15) is 18.0 Å². The van der Waals surface area contributed by atoms with Crippen LogP contribution in [0.2, 0.25) is 0 Å². The number of aromatic amines is 1. The summed E-state index contributed by atoms with van der Waals surface area (Å²) in [7, 11) is 0. The van der Waals surface area contributed by atoms with Crippen molar-refractivity contribution in [2.45, 2.75) is 31.5 Å². The Morgan fingerprint density at radius 2 is 2.12 bits per heavy atom. The van der Waals surface area contributed by atoms with Crippen molar-refractivity contribution in [3.63, 3.8) is 0 Å². The molecule has 0 radical (unpaired) electrons. The van der Waals surface area contributed by atoms with Crippen molar-refractivity contribution in [3.05, 3.63) is 57.9 Å². The standard InChI is InChI=1S/C16H13F3N4O/c17-16(18,19)11-2-1-3-12-14(11)15(24)23(8-20-12)10-5-4-9-7-21-22-13(9)6-10/h1-3,7-8,10H,4-6H2,(H,21,22). The summed E-state index contributed by atoms with van der Waals surface area (Å²) in [5, 5.41) is 6.49. The van der Waals surface area contributed by atoms with Gasteiger partial charge in [-0.3, -0.25) is 14.5 Å². The van der Waals surface area contributed by atoms with E-state index in [1.165, 1.54) is 23.0 Å². The normalized spacial score (nSPS) is 17.9. The van der Waals surface area contributed by atoms with Crippen LogP contribution in [-0.2, 0) is 19.0 Å². The van der Waals surface area contributed by atoms with E-state index in [2.05, 4.69) is 15.2 Å². The lowest BCUT2D eigenvalue weighted by Gasteiger charge is -2.24. The Balaban J connectivity index is 1.86. The lowest BCUT2D eigenvalue weighted by molar-refractivity contribution is -0.136. The van der Waals surface area contributed by atoms with Crippen LogP contribution < -0.4 is 5.56 Å². The molecule has 2 heterocycles. The quantitative estimate of drug-likeness (QED) is 0.744. The number of rotatable bonds is 1. The van der Waals surface area contributed by atoms with Crippen LogP contribution in [0.4, 0.5) is 13.2 Å². The summed E-state index contributed by atoms with van der Waals surface area (Å²) < 4.78 is 41.0. The first kappa shape index (κ1) is 14.9. The zero-order valence-corrected chi connectivity index (χ0v) is 12.5. The molecule has 0 aliphatic heterocycles. The molecule has 1 atom stereocenters. The minimum atomic E-state index is -4.59. The average Bonchev–Trinajstić information content (AvgIpc) is 3.01. The summed E-state index contributed by atoms with van der Waals surface area (Å²) in [4.78, 5) is 16.8. The maximum Gasteiger partial charge on any atom is 0.417 e. The number of nitrogens with one attached hydrogen (secondary N) is 1. The van der Waals surface area contributed by atoms with Crippen molar-refractivity contribution in [3.8, 4) is 0 Å². The SMILES string of the molecule is O=c1c2c(C(F)(F)F)cccc2ncn1C1CCc2cn[nH]c2C1. The molecule has 4 rings (SSSR count). The van der Waals surface area contributed by atoms with E-state index in [1.807, 2.05) is 0 Å². The molecule has 5 nitrogen and oxygen atoms in total. The van der Waals surface area contributed by atoms with E-state index in [-0.39, 0.29) is 16.9 Å². The van der Waals surface area contributed by atoms with E-state index in [0.717, 1.165) is 23.7 Å². The number of hydrogen-bond acceptors (Lipinski definition) is 3. The van der Waals surface area contributed by atoms with Crippen LogP contribution >= 0.6 is 0 Å². The zero-order chi connectivity index (χ0) is 16.9. The second-order valence-corrected chi connectivity index (χ2v) is 5.92. The molecule has 1 aliphatic rings. The van der Waals surface area contributed by atoms with Crippen LogP contribution in [0.15, 0.2) is 35.5 Å². The van der Waals surface area contributed by atoms with Gasteiger partial charge in [0.2, 0.25) is 0 Å². The second kappa shape index (κ2) is 5.19. The Morgan fingerprint density at radius 1 is 1.29 bits per heavy atom. The van der Waals surface area contributed by atoms with Gasteiger partial charge in [0.05, 0.1) is 29.0 Å². The molecule has 1 N–H and O–H groups in total. The largest absolute Gasteiger partial charge is 0.417 e. The van der Waals surface area contributed by atoms with Crippen molar-refractivity contribution < 1.29 is 13.2 Å². The lowest BCUT2D eigenvalue weighted by atomic mass is 9.93. The minimum absolute atomic E-state index is 0.0594. The summed E-state index contributed by atoms with van der Waals surface area (Å²) in [6, 6.07) is 3.37. The van der Waals surface area contributed by atoms with E-state index in [4.69, 9.17) is 0 Å². The van der Waals surface area contributed by atoms with Gasteiger partial charge in [-0.1, -0.05) is 6.07 Å². The van der Waals surface area contributed by atoms with Gasteiger partial charge >= 0.3 is 6.18 Å². The Labute approximate surface area is 134 Å². The molecule has 0 saturated heterocycles. The summed E-state index contributed by atoms with van der Waals surface area (Å²) in [6.45, 7) is 0. The summed E-state index contributed by atoms with van der Waals surface area (Å²) >= 11 is 0. The number of H-pyrrole nitrogens is 1. The van der Waals surface area contributed by atoms with Gasteiger partial charge in [-0.2, -0.15) is 18.3 Å². The Hall–Kier alpha value is -2.64. The first-order valence-corrected chi connectivity index (χ1v) is 7.53. The first-order chi connectivity index (χ1) is 11.4. The molecule has 1 unspecified atom stereocenters. The molecule has 0 amide bonds. The number of hydrogen-bond donors (Lipinski definition) is 1. The molecule has 124 valence electrons. The summed E-state index contributed by atoms with van der Waals surface area (Å²) in [5.74, 6) is 0. The molecule has 0 saturated carbocycles. The van der Waals surface area contributed by atoms with Gasteiger partial charge in [-0.25, -0.2) is 4.98 Å². The Kier molecular flexibility index (Phi) is 3.22. The fraction of sp³-hybridized carbons (Fsp3) is 0.312. The topological polar surface area (TPSA) is 63.6 Å². The maximum absolute atomic E-state index is 13.2. The number of halogens is 3. The Morgan fingerprint density at radius 3 is 2.92 bits per heavy atom. The first-order valence-electron chi connectivity index (χ1n) is 7.53. The lowest BCUT2D eigenvalue weighted by Crippen LogP contribution is -2.30. The highest BCUT2D eigenvalue weighted by Crippen LogP contribution is 2.33. The predicted octanol–water partition coefficient (Wildman–Crippen LogP) is 2.87. The number of fused-ring (bicyclic) bond motifs is 2. The highest BCUT2D eigenvalue weighted by atomic mass is 19.4. The van der Waals surface area contributed by atoms with Crippen molar-refractivity contribution in [1.29, 1.82) is 0 Å². The molecule has 24 heavy (non-hydrogen) atoms. The van der Waals surface area contributed by atoms with E-state index in [1.54, 1.807) is 6.20 Å². The molecular formula is C16H13F3N4O. The summed E-state index contributed by atoms with van der Waals surface area (Å²) in [6.07, 6.45) is 0.403. The van der Waals surface area contributed by atoms with Crippen molar-refractivity contribution in [2.75, 3.05) is 0 Å². The van der Waals surface area contributed by atoms with Crippen LogP contribution in [0.25, 0.3) is 10.9 Å². The number of nitrogens with zero attached hydrogens (tertiary/aromatic N) is 3. The number of aryl methyl sites for hydroxylation is 1. The van der Waals surface area contributed by atoms with Gasteiger partial charge in [-0.05, 0) is 30.5 Å². The van der Waals surface area contributed by atoms with E-state index >= 15 is 0 Å². The van der Waals surface area contributed by atoms with Gasteiger partial charge in [-0.15, -0.1) is 0 Å². The van der Waals surface area contributed by atoms with Gasteiger partial charge in [0, 0.05) is 18.2 Å². The third-order valence-electron chi connectivity index (χ3n) is 4.51. The number of benzene rings is 1. The Bertz CT molecular complexity index is 973. The number of aromatic nitrogens is 4. The molecule has 8 heteroatoms. The van der Waals surface area contributed by atoms with Gasteiger partial charge in [0.15, 0.2) is 0 Å². The highest BCUT2D eigenvalue weighted by Gasteiger charge is 2.34. The van der Waals surface area contributed by atoms with Crippen LogP contribution in [0.5, 0.6) is 0 Å². The predicted molar refractivity (Wildman–Crippen MR) is 80.7 cm³/mol. The third-order valence-corrected chi connectivity index (χ3v) is 4.51. The highest BCUT2D eigenvalue weighted by molar-refractivity contribution is 5.81. The van der Waals surface area contributed by atoms with Gasteiger partial charge < -0.3 is 0 Å². The van der Waals surface area contributed by atoms with Crippen LogP contribution in [0.1, 0.15) is 29.3 Å². The monoisotopic (exact) mass is 334 g/mol. The zero-order valence-electron chi connectivity index (χ0n) is 12.5. The molecule has 1 aromatic carbocycles. The molecule has 0 bridgehead atoms. The second-order valence-electron chi connectivity index (χ2n) is 5.92. The van der Waals surface area contributed by atoms with E-state index in [0.29, 0.717) is 12.8 Å². The smallest absolute Gasteiger partial charge is 0.295 e.